The van der Waals surface area contributed by atoms with E-state index >= 15 is 0 Å². The van der Waals surface area contributed by atoms with E-state index in [9.17, 15) is 9.59 Å². The lowest BCUT2D eigenvalue weighted by Gasteiger charge is -2.20. The first-order valence-electron chi connectivity index (χ1n) is 4.93. The molecule has 5 nitrogen and oxygen atoms in total. The van der Waals surface area contributed by atoms with Gasteiger partial charge in [-0.05, 0) is 28.1 Å². The number of nitrogens with zero attached hydrogens (tertiary/aromatic N) is 1. The third-order valence-electron chi connectivity index (χ3n) is 2.66. The summed E-state index contributed by atoms with van der Waals surface area (Å²) in [4.78, 5) is 24.3. The van der Waals surface area contributed by atoms with E-state index in [1.165, 1.54) is 11.9 Å². The van der Waals surface area contributed by atoms with Gasteiger partial charge < -0.3 is 14.7 Å². The highest BCUT2D eigenvalue weighted by Gasteiger charge is 2.33. The van der Waals surface area contributed by atoms with Crippen molar-refractivity contribution in [3.8, 4) is 5.75 Å². The molecule has 90 valence electrons. The molecule has 0 spiro atoms. The van der Waals surface area contributed by atoms with Crippen LogP contribution in [-0.4, -0.2) is 41.6 Å². The van der Waals surface area contributed by atoms with Crippen molar-refractivity contribution in [1.29, 1.82) is 0 Å². The van der Waals surface area contributed by atoms with Crippen LogP contribution in [0.5, 0.6) is 5.75 Å². The van der Waals surface area contributed by atoms with Gasteiger partial charge in [0.15, 0.2) is 6.04 Å². The van der Waals surface area contributed by atoms with Gasteiger partial charge in [0.1, 0.15) is 12.4 Å². The molecule has 0 saturated carbocycles. The van der Waals surface area contributed by atoms with E-state index in [2.05, 4.69) is 15.9 Å². The van der Waals surface area contributed by atoms with E-state index in [4.69, 9.17) is 9.84 Å². The van der Waals surface area contributed by atoms with E-state index < -0.39 is 12.0 Å². The Hall–Kier alpha value is -1.56. The summed E-state index contributed by atoms with van der Waals surface area (Å²) in [5.74, 6) is -1.04. The molecule has 0 radical (unpaired) electrons. The Bertz CT molecular complexity index is 488. The van der Waals surface area contributed by atoms with Gasteiger partial charge in [-0.2, -0.15) is 0 Å². The summed E-state index contributed by atoms with van der Waals surface area (Å²) in [5, 5.41) is 9.01. The quantitative estimate of drug-likeness (QED) is 0.850. The summed E-state index contributed by atoms with van der Waals surface area (Å²) in [6.45, 7) is -0.0623. The summed E-state index contributed by atoms with van der Waals surface area (Å²) in [6.07, 6.45) is 0. The lowest BCUT2D eigenvalue weighted by molar-refractivity contribution is -0.142. The molecule has 1 N–H and O–H groups in total. The van der Waals surface area contributed by atoms with Crippen LogP contribution in [0.4, 0.5) is 0 Å². The van der Waals surface area contributed by atoms with Crippen molar-refractivity contribution in [2.75, 3.05) is 13.7 Å². The molecule has 1 aromatic carbocycles. The smallest absolute Gasteiger partial charge is 0.330 e. The monoisotopic (exact) mass is 299 g/mol. The maximum absolute atomic E-state index is 12.1. The van der Waals surface area contributed by atoms with Gasteiger partial charge in [-0.1, -0.05) is 6.07 Å². The number of ether oxygens (including phenoxy) is 1. The molecule has 1 aliphatic rings. The highest BCUT2D eigenvalue weighted by atomic mass is 79.9. The third-order valence-corrected chi connectivity index (χ3v) is 3.28. The van der Waals surface area contributed by atoms with Crippen LogP contribution in [0.3, 0.4) is 0 Å². The lowest BCUT2D eigenvalue weighted by atomic mass is 10.1. The summed E-state index contributed by atoms with van der Waals surface area (Å²) in [5.41, 5.74) is 0.366. The number of halogens is 1. The average molecular weight is 300 g/mol. The molecular formula is C11H10BrNO4. The molecule has 0 bridgehead atoms. The number of carbonyl (C=O) groups is 2. The highest BCUT2D eigenvalue weighted by molar-refractivity contribution is 9.10. The Morgan fingerprint density at radius 3 is 2.94 bits per heavy atom. The van der Waals surface area contributed by atoms with E-state index in [-0.39, 0.29) is 12.5 Å². The molecule has 0 fully saturated rings. The Labute approximate surface area is 106 Å². The summed E-state index contributed by atoms with van der Waals surface area (Å²) < 4.78 is 6.05. The van der Waals surface area contributed by atoms with E-state index in [0.717, 1.165) is 0 Å². The lowest BCUT2D eigenvalue weighted by Crippen LogP contribution is -2.44. The first-order valence-corrected chi connectivity index (χ1v) is 5.73. The largest absolute Gasteiger partial charge is 0.489 e. The SMILES string of the molecule is CN1C(=O)c2cccc(Br)c2OCC1C(=O)O. The van der Waals surface area contributed by atoms with Gasteiger partial charge in [-0.15, -0.1) is 0 Å². The zero-order chi connectivity index (χ0) is 12.6. The first-order chi connectivity index (χ1) is 8.02. The number of carbonyl (C=O) groups excluding carboxylic acids is 1. The third kappa shape index (κ3) is 2.00. The molecule has 1 heterocycles. The Balaban J connectivity index is 2.48. The molecule has 1 aromatic rings. The number of carboxylic acids is 1. The number of hydrogen-bond donors (Lipinski definition) is 1. The van der Waals surface area contributed by atoms with Gasteiger partial charge in [0.05, 0.1) is 10.0 Å². The summed E-state index contributed by atoms with van der Waals surface area (Å²) in [6, 6.07) is 4.09. The van der Waals surface area contributed by atoms with Gasteiger partial charge >= 0.3 is 5.97 Å². The van der Waals surface area contributed by atoms with Crippen LogP contribution in [0.15, 0.2) is 22.7 Å². The van der Waals surface area contributed by atoms with E-state index in [1.807, 2.05) is 0 Å². The average Bonchev–Trinajstić information content (AvgIpc) is 2.40. The Morgan fingerprint density at radius 1 is 1.59 bits per heavy atom. The number of fused-ring (bicyclic) bond motifs is 1. The topological polar surface area (TPSA) is 66.8 Å². The van der Waals surface area contributed by atoms with Crippen LogP contribution in [-0.2, 0) is 4.79 Å². The minimum atomic E-state index is -1.08. The fourth-order valence-electron chi connectivity index (χ4n) is 1.67. The van der Waals surface area contributed by atoms with Crippen molar-refractivity contribution >= 4 is 27.8 Å². The van der Waals surface area contributed by atoms with Crippen LogP contribution in [0.25, 0.3) is 0 Å². The van der Waals surface area contributed by atoms with E-state index in [1.54, 1.807) is 18.2 Å². The molecule has 0 aromatic heterocycles. The number of rotatable bonds is 1. The first kappa shape index (κ1) is 11.9. The minimum absolute atomic E-state index is 0.0623. The molecule has 0 saturated heterocycles. The number of aliphatic carboxylic acids is 1. The fraction of sp³-hybridized carbons (Fsp3) is 0.273. The van der Waals surface area contributed by atoms with Crippen LogP contribution in [0.1, 0.15) is 10.4 Å². The highest BCUT2D eigenvalue weighted by Crippen LogP contribution is 2.32. The molecule has 1 unspecified atom stereocenters. The number of para-hydroxylation sites is 1. The van der Waals surface area contributed by atoms with Crippen molar-refractivity contribution < 1.29 is 19.4 Å². The van der Waals surface area contributed by atoms with Crippen molar-refractivity contribution in [2.24, 2.45) is 0 Å². The van der Waals surface area contributed by atoms with Gasteiger partial charge in [0.25, 0.3) is 5.91 Å². The number of carboxylic acid groups (broad SMARTS) is 1. The number of likely N-dealkylation sites (N-methyl/N-ethyl adjacent to an activating group) is 1. The zero-order valence-corrected chi connectivity index (χ0v) is 10.6. The standard InChI is InChI=1S/C11H10BrNO4/c1-13-8(11(15)16)5-17-9-6(10(13)14)3-2-4-7(9)12/h2-4,8H,5H2,1H3,(H,15,16). The predicted molar refractivity (Wildman–Crippen MR) is 63.2 cm³/mol. The molecule has 1 aliphatic heterocycles. The molecule has 0 aliphatic carbocycles. The summed E-state index contributed by atoms with van der Waals surface area (Å²) >= 11 is 3.28. The Kier molecular flexibility index (Phi) is 3.06. The van der Waals surface area contributed by atoms with Gasteiger partial charge in [0.2, 0.25) is 0 Å². The van der Waals surface area contributed by atoms with Crippen LogP contribution < -0.4 is 4.74 Å². The van der Waals surface area contributed by atoms with Crippen LogP contribution >= 0.6 is 15.9 Å². The maximum atomic E-state index is 12.1. The van der Waals surface area contributed by atoms with Crippen LogP contribution in [0, 0.1) is 0 Å². The second-order valence-electron chi connectivity index (χ2n) is 3.70. The zero-order valence-electron chi connectivity index (χ0n) is 9.01. The number of benzene rings is 1. The number of hydrogen-bond acceptors (Lipinski definition) is 3. The molecule has 6 heteroatoms. The number of amides is 1. The Morgan fingerprint density at radius 2 is 2.29 bits per heavy atom. The van der Waals surface area contributed by atoms with Gasteiger partial charge in [0, 0.05) is 7.05 Å². The predicted octanol–water partition coefficient (Wildman–Crippen LogP) is 1.37. The molecule has 2 rings (SSSR count). The van der Waals surface area contributed by atoms with Crippen molar-refractivity contribution in [1.82, 2.24) is 4.90 Å². The molecule has 1 amide bonds. The van der Waals surface area contributed by atoms with E-state index in [0.29, 0.717) is 15.8 Å². The molecular weight excluding hydrogens is 290 g/mol. The molecule has 17 heavy (non-hydrogen) atoms. The minimum Gasteiger partial charge on any atom is -0.489 e. The van der Waals surface area contributed by atoms with Crippen molar-refractivity contribution in [3.05, 3.63) is 28.2 Å². The van der Waals surface area contributed by atoms with Crippen molar-refractivity contribution in [2.45, 2.75) is 6.04 Å². The van der Waals surface area contributed by atoms with Gasteiger partial charge in [-0.3, -0.25) is 4.79 Å². The fourth-order valence-corrected chi connectivity index (χ4v) is 2.15. The maximum Gasteiger partial charge on any atom is 0.330 e. The normalized spacial score (nSPS) is 19.3. The van der Waals surface area contributed by atoms with Gasteiger partial charge in [-0.25, -0.2) is 4.79 Å². The van der Waals surface area contributed by atoms with Crippen LogP contribution in [0.2, 0.25) is 0 Å². The van der Waals surface area contributed by atoms with Crippen molar-refractivity contribution in [3.63, 3.8) is 0 Å². The summed E-state index contributed by atoms with van der Waals surface area (Å²) in [7, 11) is 1.46. The molecule has 1 atom stereocenters. The second-order valence-corrected chi connectivity index (χ2v) is 4.55. The second kappa shape index (κ2) is 4.37.